The van der Waals surface area contributed by atoms with Gasteiger partial charge in [0.2, 0.25) is 0 Å². The molecule has 0 aromatic heterocycles. The predicted molar refractivity (Wildman–Crippen MR) is 55.7 cm³/mol. The Morgan fingerprint density at radius 1 is 1.38 bits per heavy atom. The second kappa shape index (κ2) is 4.97. The summed E-state index contributed by atoms with van der Waals surface area (Å²) in [6.07, 6.45) is 5.96. The molecule has 0 spiro atoms. The molecule has 2 heteroatoms. The molecular formula is C11H23NO. The summed E-state index contributed by atoms with van der Waals surface area (Å²) in [6, 6.07) is 0. The monoisotopic (exact) mass is 185 g/mol. The van der Waals surface area contributed by atoms with Gasteiger partial charge in [-0.05, 0) is 44.6 Å². The third kappa shape index (κ3) is 2.96. The highest BCUT2D eigenvalue weighted by atomic mass is 16.3. The van der Waals surface area contributed by atoms with Gasteiger partial charge in [-0.1, -0.05) is 13.8 Å². The molecule has 2 nitrogen and oxygen atoms in total. The van der Waals surface area contributed by atoms with Crippen LogP contribution in [0.3, 0.4) is 0 Å². The van der Waals surface area contributed by atoms with E-state index >= 15 is 0 Å². The summed E-state index contributed by atoms with van der Waals surface area (Å²) in [6.45, 7) is 5.82. The minimum absolute atomic E-state index is 0.0581. The number of rotatable bonds is 4. The molecule has 1 fully saturated rings. The smallest absolute Gasteiger partial charge is 0.0613 e. The number of hydrogen-bond donors (Lipinski definition) is 2. The summed E-state index contributed by atoms with van der Waals surface area (Å²) in [5.41, 5.74) is 0.0581. The van der Waals surface area contributed by atoms with Gasteiger partial charge in [0.1, 0.15) is 0 Å². The molecule has 1 aliphatic rings. The Morgan fingerprint density at radius 2 is 2.00 bits per heavy atom. The molecule has 0 heterocycles. The maximum Gasteiger partial charge on any atom is 0.0613 e. The van der Waals surface area contributed by atoms with Crippen LogP contribution < -0.4 is 5.32 Å². The normalized spacial score (nSPS) is 34.8. The van der Waals surface area contributed by atoms with E-state index in [0.29, 0.717) is 6.61 Å². The van der Waals surface area contributed by atoms with Crippen LogP contribution in [0.25, 0.3) is 0 Å². The largest absolute Gasteiger partial charge is 0.394 e. The zero-order valence-electron chi connectivity index (χ0n) is 8.97. The zero-order valence-corrected chi connectivity index (χ0v) is 8.97. The summed E-state index contributed by atoms with van der Waals surface area (Å²) in [5, 5.41) is 12.9. The van der Waals surface area contributed by atoms with Crippen LogP contribution >= 0.6 is 0 Å². The Balaban J connectivity index is 2.40. The van der Waals surface area contributed by atoms with Crippen molar-refractivity contribution in [2.45, 2.75) is 51.5 Å². The van der Waals surface area contributed by atoms with Crippen molar-refractivity contribution in [2.24, 2.45) is 5.92 Å². The minimum Gasteiger partial charge on any atom is -0.394 e. The minimum atomic E-state index is 0.0581. The lowest BCUT2D eigenvalue weighted by molar-refractivity contribution is 0.106. The standard InChI is InChI=1S/C11H23NO/c1-3-8-12-11(9-13)6-4-10(2)5-7-11/h10,12-13H,3-9H2,1-2H3. The van der Waals surface area contributed by atoms with Crippen LogP contribution in [-0.2, 0) is 0 Å². The first-order valence-corrected chi connectivity index (χ1v) is 5.58. The van der Waals surface area contributed by atoms with Crippen LogP contribution in [0.15, 0.2) is 0 Å². The van der Waals surface area contributed by atoms with Crippen LogP contribution in [-0.4, -0.2) is 23.8 Å². The molecule has 0 aromatic carbocycles. The number of aliphatic hydroxyl groups excluding tert-OH is 1. The van der Waals surface area contributed by atoms with E-state index in [9.17, 15) is 5.11 Å². The molecular weight excluding hydrogens is 162 g/mol. The molecule has 0 amide bonds. The van der Waals surface area contributed by atoms with Crippen LogP contribution in [0.2, 0.25) is 0 Å². The van der Waals surface area contributed by atoms with E-state index in [1.807, 2.05) is 0 Å². The molecule has 0 saturated heterocycles. The third-order valence-electron chi connectivity index (χ3n) is 3.28. The average molecular weight is 185 g/mol. The number of nitrogens with one attached hydrogen (secondary N) is 1. The third-order valence-corrected chi connectivity index (χ3v) is 3.28. The first-order chi connectivity index (χ1) is 6.22. The first kappa shape index (κ1) is 11.0. The van der Waals surface area contributed by atoms with E-state index in [-0.39, 0.29) is 5.54 Å². The molecule has 0 unspecified atom stereocenters. The molecule has 78 valence electrons. The van der Waals surface area contributed by atoms with Gasteiger partial charge < -0.3 is 10.4 Å². The molecule has 1 aliphatic carbocycles. The second-order valence-electron chi connectivity index (χ2n) is 4.55. The molecule has 0 aliphatic heterocycles. The fraction of sp³-hybridized carbons (Fsp3) is 1.00. The van der Waals surface area contributed by atoms with Gasteiger partial charge in [0.25, 0.3) is 0 Å². The SMILES string of the molecule is CCCNC1(CO)CCC(C)CC1. The first-order valence-electron chi connectivity index (χ1n) is 5.58. The van der Waals surface area contributed by atoms with E-state index in [1.165, 1.54) is 12.8 Å². The fourth-order valence-electron chi connectivity index (χ4n) is 2.10. The van der Waals surface area contributed by atoms with Crippen molar-refractivity contribution < 1.29 is 5.11 Å². The van der Waals surface area contributed by atoms with Gasteiger partial charge in [-0.2, -0.15) is 0 Å². The Morgan fingerprint density at radius 3 is 2.46 bits per heavy atom. The summed E-state index contributed by atoms with van der Waals surface area (Å²) in [4.78, 5) is 0. The highest BCUT2D eigenvalue weighted by molar-refractivity contribution is 4.91. The summed E-state index contributed by atoms with van der Waals surface area (Å²) >= 11 is 0. The molecule has 1 rings (SSSR count). The van der Waals surface area contributed by atoms with Crippen molar-refractivity contribution in [2.75, 3.05) is 13.2 Å². The van der Waals surface area contributed by atoms with Crippen molar-refractivity contribution in [3.8, 4) is 0 Å². The fourth-order valence-corrected chi connectivity index (χ4v) is 2.10. The van der Waals surface area contributed by atoms with Gasteiger partial charge in [-0.25, -0.2) is 0 Å². The maximum absolute atomic E-state index is 9.39. The molecule has 0 atom stereocenters. The van der Waals surface area contributed by atoms with E-state index in [0.717, 1.165) is 31.7 Å². The summed E-state index contributed by atoms with van der Waals surface area (Å²) < 4.78 is 0. The van der Waals surface area contributed by atoms with Gasteiger partial charge in [-0.3, -0.25) is 0 Å². The van der Waals surface area contributed by atoms with Gasteiger partial charge in [0.05, 0.1) is 6.61 Å². The van der Waals surface area contributed by atoms with Crippen LogP contribution in [0, 0.1) is 5.92 Å². The van der Waals surface area contributed by atoms with Crippen molar-refractivity contribution >= 4 is 0 Å². The molecule has 0 aromatic rings. The van der Waals surface area contributed by atoms with Crippen molar-refractivity contribution in [3.63, 3.8) is 0 Å². The van der Waals surface area contributed by atoms with Crippen LogP contribution in [0.1, 0.15) is 46.0 Å². The van der Waals surface area contributed by atoms with E-state index in [4.69, 9.17) is 0 Å². The lowest BCUT2D eigenvalue weighted by atomic mass is 9.77. The Hall–Kier alpha value is -0.0800. The number of aliphatic hydroxyl groups is 1. The van der Waals surface area contributed by atoms with E-state index < -0.39 is 0 Å². The lowest BCUT2D eigenvalue weighted by Crippen LogP contribution is -2.51. The highest BCUT2D eigenvalue weighted by Gasteiger charge is 2.32. The molecule has 2 N–H and O–H groups in total. The van der Waals surface area contributed by atoms with Crippen molar-refractivity contribution in [3.05, 3.63) is 0 Å². The van der Waals surface area contributed by atoms with Crippen LogP contribution in [0.5, 0.6) is 0 Å². The molecule has 0 bridgehead atoms. The van der Waals surface area contributed by atoms with Gasteiger partial charge in [-0.15, -0.1) is 0 Å². The Kier molecular flexibility index (Phi) is 4.20. The quantitative estimate of drug-likeness (QED) is 0.701. The van der Waals surface area contributed by atoms with E-state index in [2.05, 4.69) is 19.2 Å². The van der Waals surface area contributed by atoms with Crippen molar-refractivity contribution in [1.82, 2.24) is 5.32 Å². The Labute approximate surface area is 81.7 Å². The Bertz CT molecular complexity index is 134. The highest BCUT2D eigenvalue weighted by Crippen LogP contribution is 2.31. The van der Waals surface area contributed by atoms with Crippen LogP contribution in [0.4, 0.5) is 0 Å². The van der Waals surface area contributed by atoms with Crippen molar-refractivity contribution in [1.29, 1.82) is 0 Å². The topological polar surface area (TPSA) is 32.3 Å². The van der Waals surface area contributed by atoms with Gasteiger partial charge in [0.15, 0.2) is 0 Å². The molecule has 1 saturated carbocycles. The lowest BCUT2D eigenvalue weighted by Gasteiger charge is -2.39. The predicted octanol–water partition coefficient (Wildman–Crippen LogP) is 1.93. The molecule has 0 radical (unpaired) electrons. The van der Waals surface area contributed by atoms with Gasteiger partial charge in [0, 0.05) is 5.54 Å². The van der Waals surface area contributed by atoms with Gasteiger partial charge >= 0.3 is 0 Å². The summed E-state index contributed by atoms with van der Waals surface area (Å²) in [7, 11) is 0. The van der Waals surface area contributed by atoms with E-state index in [1.54, 1.807) is 0 Å². The maximum atomic E-state index is 9.39. The summed E-state index contributed by atoms with van der Waals surface area (Å²) in [5.74, 6) is 0.850. The zero-order chi connectivity index (χ0) is 9.73. The second-order valence-corrected chi connectivity index (χ2v) is 4.55. The number of hydrogen-bond acceptors (Lipinski definition) is 2. The molecule has 13 heavy (non-hydrogen) atoms. The average Bonchev–Trinajstić information content (AvgIpc) is 2.18.